The molecule has 1 N–H and O–H groups in total. The number of halogens is 2. The molecule has 0 unspecified atom stereocenters. The first kappa shape index (κ1) is 26.6. The molecule has 5 aromatic rings. The van der Waals surface area contributed by atoms with Gasteiger partial charge < -0.3 is 14.6 Å². The number of benzene rings is 3. The lowest BCUT2D eigenvalue weighted by Gasteiger charge is -2.21. The van der Waals surface area contributed by atoms with E-state index in [1.807, 2.05) is 30.3 Å². The minimum absolute atomic E-state index is 0.0159. The molecule has 11 heteroatoms. The highest BCUT2D eigenvalue weighted by molar-refractivity contribution is 7.90. The summed E-state index contributed by atoms with van der Waals surface area (Å²) in [6.07, 6.45) is 2.64. The van der Waals surface area contributed by atoms with Gasteiger partial charge in [-0.1, -0.05) is 12.1 Å². The number of pyridine rings is 1. The number of aromatic amines is 1. The van der Waals surface area contributed by atoms with E-state index in [4.69, 9.17) is 4.74 Å². The van der Waals surface area contributed by atoms with E-state index >= 15 is 0 Å². The molecule has 0 bridgehead atoms. The van der Waals surface area contributed by atoms with Crippen molar-refractivity contribution in [3.8, 4) is 28.4 Å². The number of H-pyrrole nitrogens is 1. The van der Waals surface area contributed by atoms with Crippen LogP contribution in [0.15, 0.2) is 71.8 Å². The molecule has 0 aliphatic carbocycles. The van der Waals surface area contributed by atoms with Crippen molar-refractivity contribution in [3.63, 3.8) is 0 Å². The molecular weight excluding hydrogens is 550 g/mol. The van der Waals surface area contributed by atoms with Crippen LogP contribution in [0.25, 0.3) is 33.7 Å². The normalized spacial score (nSPS) is 13.5. The van der Waals surface area contributed by atoms with Crippen molar-refractivity contribution < 1.29 is 26.7 Å². The predicted octanol–water partition coefficient (Wildman–Crippen LogP) is 5.32. The number of aromatic nitrogens is 3. The fourth-order valence-electron chi connectivity index (χ4n) is 4.90. The second-order valence-corrected chi connectivity index (χ2v) is 11.9. The van der Waals surface area contributed by atoms with Crippen LogP contribution in [0.4, 0.5) is 8.78 Å². The monoisotopic (exact) mass is 574 g/mol. The summed E-state index contributed by atoms with van der Waals surface area (Å²) in [4.78, 5) is 26.7. The number of carbonyl (C=O) groups is 1. The van der Waals surface area contributed by atoms with Gasteiger partial charge in [0, 0.05) is 41.8 Å². The average molecular weight is 575 g/mol. The molecule has 208 valence electrons. The van der Waals surface area contributed by atoms with Crippen LogP contribution in [0.5, 0.6) is 5.75 Å². The Morgan fingerprint density at radius 1 is 1.02 bits per heavy atom. The lowest BCUT2D eigenvalue weighted by atomic mass is 10.0. The van der Waals surface area contributed by atoms with Crippen LogP contribution in [0.2, 0.25) is 0 Å². The highest BCUT2D eigenvalue weighted by Gasteiger charge is 2.26. The lowest BCUT2D eigenvalue weighted by Crippen LogP contribution is -2.33. The van der Waals surface area contributed by atoms with Crippen LogP contribution in [0.1, 0.15) is 21.5 Å². The molecule has 0 saturated heterocycles. The Bertz CT molecular complexity index is 1940. The summed E-state index contributed by atoms with van der Waals surface area (Å²) in [7, 11) is -3.77. The Kier molecular flexibility index (Phi) is 6.53. The van der Waals surface area contributed by atoms with E-state index in [0.717, 1.165) is 29.0 Å². The van der Waals surface area contributed by atoms with E-state index < -0.39 is 26.5 Å². The summed E-state index contributed by atoms with van der Waals surface area (Å²) >= 11 is 0. The first-order valence-corrected chi connectivity index (χ1v) is 14.6. The standard InChI is InChI=1S/C30H24F2N4O4S/c1-17-22(6-10-27(28(17)32)41(2,38)39)30(37)36-11-12-40-26-9-4-18(13-20(26)16-36)19-3-7-24(33-15-19)29-34-23-8-5-21(31)14-25(23)35-29/h3-10,13-15H,11-12,16H2,1-2H3,(H,34,35). The number of carbonyl (C=O) groups excluding carboxylic acids is 1. The molecule has 3 heterocycles. The van der Waals surface area contributed by atoms with Crippen LogP contribution in [-0.4, -0.2) is 53.6 Å². The number of rotatable bonds is 4. The molecule has 2 aromatic heterocycles. The van der Waals surface area contributed by atoms with E-state index in [0.29, 0.717) is 28.3 Å². The van der Waals surface area contributed by atoms with Gasteiger partial charge in [0.25, 0.3) is 5.91 Å². The minimum atomic E-state index is -3.77. The zero-order valence-electron chi connectivity index (χ0n) is 22.1. The van der Waals surface area contributed by atoms with E-state index in [2.05, 4.69) is 15.0 Å². The van der Waals surface area contributed by atoms with Crippen molar-refractivity contribution in [3.05, 3.63) is 95.2 Å². The topological polar surface area (TPSA) is 105 Å². The average Bonchev–Trinajstić information content (AvgIpc) is 3.24. The van der Waals surface area contributed by atoms with E-state index in [1.165, 1.54) is 25.1 Å². The SMILES string of the molecule is Cc1c(C(=O)N2CCOc3ccc(-c4ccc(-c5nc6cc(F)ccc6[nH]5)nc4)cc3C2)ccc(S(C)(=O)=O)c1F. The molecule has 1 aliphatic rings. The number of imidazole rings is 1. The molecule has 3 aromatic carbocycles. The van der Waals surface area contributed by atoms with Crippen molar-refractivity contribution in [2.75, 3.05) is 19.4 Å². The van der Waals surface area contributed by atoms with Gasteiger partial charge in [-0.3, -0.25) is 9.78 Å². The lowest BCUT2D eigenvalue weighted by molar-refractivity contribution is 0.0731. The van der Waals surface area contributed by atoms with Gasteiger partial charge in [0.15, 0.2) is 15.7 Å². The number of ether oxygens (including phenoxy) is 1. The Morgan fingerprint density at radius 3 is 2.59 bits per heavy atom. The van der Waals surface area contributed by atoms with Crippen LogP contribution in [-0.2, 0) is 16.4 Å². The van der Waals surface area contributed by atoms with Gasteiger partial charge in [-0.25, -0.2) is 22.2 Å². The van der Waals surface area contributed by atoms with Gasteiger partial charge in [0.2, 0.25) is 0 Å². The third-order valence-corrected chi connectivity index (χ3v) is 8.21. The van der Waals surface area contributed by atoms with Crippen LogP contribution < -0.4 is 4.74 Å². The fraction of sp³-hybridized carbons (Fsp3) is 0.167. The number of hydrogen-bond donors (Lipinski definition) is 1. The molecule has 8 nitrogen and oxygen atoms in total. The smallest absolute Gasteiger partial charge is 0.254 e. The Morgan fingerprint density at radius 2 is 1.83 bits per heavy atom. The molecule has 1 amide bonds. The maximum atomic E-state index is 14.9. The summed E-state index contributed by atoms with van der Waals surface area (Å²) < 4.78 is 58.0. The predicted molar refractivity (Wildman–Crippen MR) is 149 cm³/mol. The Balaban J connectivity index is 1.26. The maximum Gasteiger partial charge on any atom is 0.254 e. The van der Waals surface area contributed by atoms with Gasteiger partial charge in [-0.2, -0.15) is 0 Å². The molecule has 41 heavy (non-hydrogen) atoms. The summed E-state index contributed by atoms with van der Waals surface area (Å²) in [5.74, 6) is -0.534. The van der Waals surface area contributed by atoms with Gasteiger partial charge in [0.05, 0.1) is 17.6 Å². The first-order valence-electron chi connectivity index (χ1n) is 12.7. The molecular formula is C30H24F2N4O4S. The van der Waals surface area contributed by atoms with Crippen molar-refractivity contribution >= 4 is 26.8 Å². The molecule has 6 rings (SSSR count). The highest BCUT2D eigenvalue weighted by atomic mass is 32.2. The van der Waals surface area contributed by atoms with Gasteiger partial charge in [0.1, 0.15) is 34.6 Å². The van der Waals surface area contributed by atoms with Crippen molar-refractivity contribution in [2.45, 2.75) is 18.4 Å². The number of fused-ring (bicyclic) bond motifs is 2. The fourth-order valence-corrected chi connectivity index (χ4v) is 5.69. The Hall–Kier alpha value is -4.64. The second-order valence-electron chi connectivity index (χ2n) is 9.90. The summed E-state index contributed by atoms with van der Waals surface area (Å²) in [6, 6.07) is 16.2. The number of hydrogen-bond acceptors (Lipinski definition) is 6. The zero-order valence-corrected chi connectivity index (χ0v) is 22.9. The summed E-state index contributed by atoms with van der Waals surface area (Å²) in [5.41, 5.74) is 4.36. The quantitative estimate of drug-likeness (QED) is 0.312. The van der Waals surface area contributed by atoms with Gasteiger partial charge in [-0.15, -0.1) is 0 Å². The van der Waals surface area contributed by atoms with Gasteiger partial charge >= 0.3 is 0 Å². The third kappa shape index (κ3) is 5.04. The molecule has 0 saturated carbocycles. The highest BCUT2D eigenvalue weighted by Crippen LogP contribution is 2.31. The van der Waals surface area contributed by atoms with Crippen LogP contribution >= 0.6 is 0 Å². The zero-order chi connectivity index (χ0) is 28.9. The number of nitrogens with one attached hydrogen (secondary N) is 1. The van der Waals surface area contributed by atoms with E-state index in [-0.39, 0.29) is 36.6 Å². The minimum Gasteiger partial charge on any atom is -0.491 e. The van der Waals surface area contributed by atoms with E-state index in [9.17, 15) is 22.0 Å². The van der Waals surface area contributed by atoms with Crippen LogP contribution in [0, 0.1) is 18.6 Å². The van der Waals surface area contributed by atoms with Gasteiger partial charge in [-0.05, 0) is 60.5 Å². The van der Waals surface area contributed by atoms with Crippen molar-refractivity contribution in [1.29, 1.82) is 0 Å². The largest absolute Gasteiger partial charge is 0.491 e. The summed E-state index contributed by atoms with van der Waals surface area (Å²) in [5, 5.41) is 0. The molecule has 0 radical (unpaired) electrons. The molecule has 0 spiro atoms. The first-order chi connectivity index (χ1) is 19.6. The molecule has 0 atom stereocenters. The van der Waals surface area contributed by atoms with Crippen molar-refractivity contribution in [1.82, 2.24) is 19.9 Å². The van der Waals surface area contributed by atoms with Crippen LogP contribution in [0.3, 0.4) is 0 Å². The van der Waals surface area contributed by atoms with E-state index in [1.54, 1.807) is 17.2 Å². The number of amides is 1. The second kappa shape index (κ2) is 10.1. The molecule has 1 aliphatic heterocycles. The third-order valence-electron chi connectivity index (χ3n) is 7.09. The van der Waals surface area contributed by atoms with Crippen molar-refractivity contribution in [2.24, 2.45) is 0 Å². The number of nitrogens with zero attached hydrogens (tertiary/aromatic N) is 3. The maximum absolute atomic E-state index is 14.9. The number of sulfone groups is 1. The Labute approximate surface area is 234 Å². The molecule has 0 fully saturated rings. The summed E-state index contributed by atoms with van der Waals surface area (Å²) in [6.45, 7) is 2.14.